The second-order valence-corrected chi connectivity index (χ2v) is 15.3. The number of ether oxygens (including phenoxy) is 1. The van der Waals surface area contributed by atoms with E-state index in [2.05, 4.69) is 47.2 Å². The van der Waals surface area contributed by atoms with E-state index in [1.54, 1.807) is 36.4 Å². The lowest BCUT2D eigenvalue weighted by molar-refractivity contribution is 0.304. The molecule has 60 heavy (non-hydrogen) atoms. The lowest BCUT2D eigenvalue weighted by Gasteiger charge is -2.09. The van der Waals surface area contributed by atoms with Crippen LogP contribution in [-0.2, 0) is 0 Å². The average Bonchev–Trinajstić information content (AvgIpc) is 4.11. The van der Waals surface area contributed by atoms with E-state index in [0.717, 1.165) is 102 Å². The fraction of sp³-hybridized carbons (Fsp3) is 0.154. The number of phenolic OH excluding ortho intramolecular Hbond substituents is 3. The Hall–Kier alpha value is -7.32. The molecule has 8 heteroatoms. The molecule has 7 aromatic rings. The van der Waals surface area contributed by atoms with E-state index in [0.29, 0.717) is 6.61 Å². The molecular formula is C52H46N4O4. The van der Waals surface area contributed by atoms with Crippen molar-refractivity contribution < 1.29 is 20.1 Å². The van der Waals surface area contributed by atoms with Gasteiger partial charge in [0.05, 0.1) is 29.4 Å². The number of benzene rings is 4. The van der Waals surface area contributed by atoms with Crippen LogP contribution < -0.4 is 4.74 Å². The predicted octanol–water partition coefficient (Wildman–Crippen LogP) is 13.2. The molecule has 4 aromatic carbocycles. The summed E-state index contributed by atoms with van der Waals surface area (Å²) in [6.07, 6.45) is 15.4. The molecule has 0 spiro atoms. The highest BCUT2D eigenvalue weighted by Gasteiger charge is 2.19. The summed E-state index contributed by atoms with van der Waals surface area (Å²) in [5.41, 5.74) is 13.5. The number of aromatic amines is 2. The Morgan fingerprint density at radius 1 is 0.400 bits per heavy atom. The minimum atomic E-state index is 0.173. The van der Waals surface area contributed by atoms with E-state index in [1.807, 2.05) is 78.9 Å². The third kappa shape index (κ3) is 7.92. The van der Waals surface area contributed by atoms with Gasteiger partial charge < -0.3 is 30.0 Å². The molecule has 0 amide bonds. The molecule has 5 heterocycles. The zero-order valence-electron chi connectivity index (χ0n) is 33.5. The molecule has 8 bridgehead atoms. The van der Waals surface area contributed by atoms with Crippen LogP contribution in [0.5, 0.6) is 23.0 Å². The average molecular weight is 791 g/mol. The fourth-order valence-corrected chi connectivity index (χ4v) is 8.09. The standard InChI is InChI=1S/C52H46N4O4/c1-2-3-4-5-6-7-32-60-40-22-14-36(15-23-40)52-47-30-28-45(55-47)50(34-10-18-38(58)19-11-34)43-26-24-41(53-43)49(33-8-16-37(57)17-9-33)42-25-27-44(54-42)51(46-29-31-48(52)56-46)35-12-20-39(59)21-13-35/h8-31,53,56-59H,2-7,32H2,1H3. The van der Waals surface area contributed by atoms with Crippen molar-refractivity contribution in [1.82, 2.24) is 19.9 Å². The monoisotopic (exact) mass is 790 g/mol. The Kier molecular flexibility index (Phi) is 10.7. The molecule has 0 radical (unpaired) electrons. The smallest absolute Gasteiger partial charge is 0.119 e. The highest BCUT2D eigenvalue weighted by Crippen LogP contribution is 2.39. The second kappa shape index (κ2) is 16.9. The molecule has 8 nitrogen and oxygen atoms in total. The summed E-state index contributed by atoms with van der Waals surface area (Å²) in [5.74, 6) is 1.36. The summed E-state index contributed by atoms with van der Waals surface area (Å²) in [4.78, 5) is 18.1. The highest BCUT2D eigenvalue weighted by atomic mass is 16.5. The molecule has 298 valence electrons. The Bertz CT molecular complexity index is 2840. The molecule has 3 aromatic heterocycles. The lowest BCUT2D eigenvalue weighted by Crippen LogP contribution is -1.97. The maximum absolute atomic E-state index is 10.3. The number of fused-ring (bicyclic) bond motifs is 8. The van der Waals surface area contributed by atoms with Gasteiger partial charge in [0.15, 0.2) is 0 Å². The predicted molar refractivity (Wildman–Crippen MR) is 244 cm³/mol. The van der Waals surface area contributed by atoms with Gasteiger partial charge in [-0.05, 0) is 126 Å². The molecule has 5 N–H and O–H groups in total. The van der Waals surface area contributed by atoms with Crippen LogP contribution in [0, 0.1) is 0 Å². The quantitative estimate of drug-likeness (QED) is 0.0784. The van der Waals surface area contributed by atoms with E-state index < -0.39 is 0 Å². The molecule has 0 atom stereocenters. The van der Waals surface area contributed by atoms with Crippen LogP contribution in [0.3, 0.4) is 0 Å². The highest BCUT2D eigenvalue weighted by molar-refractivity contribution is 5.99. The summed E-state index contributed by atoms with van der Waals surface area (Å²) in [7, 11) is 0. The van der Waals surface area contributed by atoms with E-state index in [9.17, 15) is 15.3 Å². The van der Waals surface area contributed by atoms with Crippen molar-refractivity contribution in [3.8, 4) is 67.5 Å². The lowest BCUT2D eigenvalue weighted by atomic mass is 10.0. The van der Waals surface area contributed by atoms with Gasteiger partial charge in [-0.1, -0.05) is 87.6 Å². The first-order valence-electron chi connectivity index (χ1n) is 20.7. The maximum atomic E-state index is 10.3. The number of hydrogen-bond acceptors (Lipinski definition) is 6. The summed E-state index contributed by atoms with van der Waals surface area (Å²) in [6.45, 7) is 2.93. The van der Waals surface area contributed by atoms with E-state index >= 15 is 0 Å². The minimum Gasteiger partial charge on any atom is -0.508 e. The SMILES string of the molecule is CCCCCCCCOc1ccc(-c2c3nc(c(-c4ccc(O)cc4)c4ccc([nH]4)c(-c4ccc(O)cc4)c4nc(c(-c5ccc(O)cc5)c5ccc2[nH]5)C=C4)C=C3)cc1. The zero-order chi connectivity index (χ0) is 41.0. The number of hydrogen-bond donors (Lipinski definition) is 5. The van der Waals surface area contributed by atoms with Gasteiger partial charge in [0, 0.05) is 44.3 Å². The molecule has 2 aliphatic rings. The van der Waals surface area contributed by atoms with Crippen LogP contribution in [-0.4, -0.2) is 41.9 Å². The van der Waals surface area contributed by atoms with Crippen molar-refractivity contribution in [2.75, 3.05) is 6.61 Å². The summed E-state index contributed by atoms with van der Waals surface area (Å²) in [6, 6.07) is 38.0. The zero-order valence-corrected chi connectivity index (χ0v) is 33.5. The van der Waals surface area contributed by atoms with Crippen molar-refractivity contribution in [3.05, 3.63) is 144 Å². The number of aromatic hydroxyl groups is 3. The van der Waals surface area contributed by atoms with Gasteiger partial charge in [-0.2, -0.15) is 0 Å². The molecule has 0 aliphatic carbocycles. The van der Waals surface area contributed by atoms with Crippen molar-refractivity contribution in [2.45, 2.75) is 45.4 Å². The third-order valence-electron chi connectivity index (χ3n) is 11.1. The molecule has 0 saturated carbocycles. The molecular weight excluding hydrogens is 745 g/mol. The van der Waals surface area contributed by atoms with Crippen molar-refractivity contribution >= 4 is 46.4 Å². The number of nitrogens with one attached hydrogen (secondary N) is 2. The second-order valence-electron chi connectivity index (χ2n) is 15.3. The van der Waals surface area contributed by atoms with Crippen molar-refractivity contribution in [1.29, 1.82) is 0 Å². The Balaban J connectivity index is 1.30. The van der Waals surface area contributed by atoms with Crippen LogP contribution >= 0.6 is 0 Å². The molecule has 0 fully saturated rings. The summed E-state index contributed by atoms with van der Waals surface area (Å²) >= 11 is 0. The molecule has 0 unspecified atom stereocenters. The van der Waals surface area contributed by atoms with Crippen LogP contribution in [0.25, 0.3) is 90.9 Å². The topological polar surface area (TPSA) is 127 Å². The van der Waals surface area contributed by atoms with Crippen molar-refractivity contribution in [2.24, 2.45) is 0 Å². The normalized spacial score (nSPS) is 11.9. The Morgan fingerprint density at radius 3 is 1.07 bits per heavy atom. The number of H-pyrrole nitrogens is 2. The summed E-state index contributed by atoms with van der Waals surface area (Å²) < 4.78 is 6.18. The van der Waals surface area contributed by atoms with Gasteiger partial charge >= 0.3 is 0 Å². The first-order valence-corrected chi connectivity index (χ1v) is 20.7. The van der Waals surface area contributed by atoms with Gasteiger partial charge in [0.1, 0.15) is 23.0 Å². The molecule has 0 saturated heterocycles. The maximum Gasteiger partial charge on any atom is 0.119 e. The summed E-state index contributed by atoms with van der Waals surface area (Å²) in [5, 5.41) is 30.8. The van der Waals surface area contributed by atoms with E-state index in [1.165, 1.54) is 32.1 Å². The number of phenols is 3. The van der Waals surface area contributed by atoms with Gasteiger partial charge in [0.2, 0.25) is 0 Å². The first kappa shape index (κ1) is 38.2. The van der Waals surface area contributed by atoms with Gasteiger partial charge in [-0.25, -0.2) is 9.97 Å². The molecule has 2 aliphatic heterocycles. The third-order valence-corrected chi connectivity index (χ3v) is 11.1. The van der Waals surface area contributed by atoms with Crippen LogP contribution in [0.4, 0.5) is 0 Å². The minimum absolute atomic E-state index is 0.173. The number of unbranched alkanes of at least 4 members (excludes halogenated alkanes) is 5. The van der Waals surface area contributed by atoms with Crippen LogP contribution in [0.1, 0.15) is 68.2 Å². The van der Waals surface area contributed by atoms with Gasteiger partial charge in [-0.3, -0.25) is 0 Å². The molecule has 9 rings (SSSR count). The van der Waals surface area contributed by atoms with Crippen molar-refractivity contribution in [3.63, 3.8) is 0 Å². The Morgan fingerprint density at radius 2 is 0.717 bits per heavy atom. The van der Waals surface area contributed by atoms with E-state index in [-0.39, 0.29) is 17.2 Å². The van der Waals surface area contributed by atoms with E-state index in [4.69, 9.17) is 14.7 Å². The Labute approximate surface area is 348 Å². The first-order chi connectivity index (χ1) is 29.4. The fourth-order valence-electron chi connectivity index (χ4n) is 8.09. The van der Waals surface area contributed by atoms with Crippen LogP contribution in [0.2, 0.25) is 0 Å². The largest absolute Gasteiger partial charge is 0.508 e. The van der Waals surface area contributed by atoms with Gasteiger partial charge in [-0.15, -0.1) is 0 Å². The number of rotatable bonds is 12. The number of nitrogens with zero attached hydrogens (tertiary/aromatic N) is 2. The van der Waals surface area contributed by atoms with Gasteiger partial charge in [0.25, 0.3) is 0 Å². The number of aromatic nitrogens is 4. The van der Waals surface area contributed by atoms with Crippen LogP contribution in [0.15, 0.2) is 121 Å².